The normalized spacial score (nSPS) is 21.9. The van der Waals surface area contributed by atoms with Crippen molar-refractivity contribution in [3.8, 4) is 0 Å². The molecule has 1 aliphatic carbocycles. The zero-order valence-corrected chi connectivity index (χ0v) is 11.2. The minimum Gasteiger partial charge on any atom is -0.306 e. The van der Waals surface area contributed by atoms with Crippen molar-refractivity contribution in [3.05, 3.63) is 47.5 Å². The van der Waals surface area contributed by atoms with Crippen LogP contribution in [-0.4, -0.2) is 6.54 Å². The van der Waals surface area contributed by atoms with E-state index in [1.54, 1.807) is 0 Å². The summed E-state index contributed by atoms with van der Waals surface area (Å²) in [7, 11) is 0. The first-order valence-corrected chi connectivity index (χ1v) is 6.46. The minimum absolute atomic E-state index is 0.323. The number of fused-ring (bicyclic) bond motifs is 1. The van der Waals surface area contributed by atoms with Gasteiger partial charge in [0.2, 0.25) is 0 Å². The van der Waals surface area contributed by atoms with E-state index in [-0.39, 0.29) is 0 Å². The fourth-order valence-electron chi connectivity index (χ4n) is 2.73. The van der Waals surface area contributed by atoms with Crippen LogP contribution in [0.2, 0.25) is 0 Å². The van der Waals surface area contributed by atoms with Crippen LogP contribution in [0.1, 0.15) is 44.4 Å². The summed E-state index contributed by atoms with van der Waals surface area (Å²) in [5.41, 5.74) is 4.50. The summed E-state index contributed by atoms with van der Waals surface area (Å²) < 4.78 is 0. The average Bonchev–Trinajstić information content (AvgIpc) is 2.27. The van der Waals surface area contributed by atoms with E-state index in [0.717, 1.165) is 6.54 Å². The molecule has 0 aromatic heterocycles. The molecule has 0 fully saturated rings. The molecule has 2 rings (SSSR count). The molecule has 0 aliphatic heterocycles. The molecule has 1 aliphatic rings. The van der Waals surface area contributed by atoms with Crippen LogP contribution >= 0.6 is 0 Å². The maximum atomic E-state index is 3.98. The summed E-state index contributed by atoms with van der Waals surface area (Å²) in [5.74, 6) is 0. The van der Waals surface area contributed by atoms with Gasteiger partial charge in [-0.1, -0.05) is 50.3 Å². The molecule has 0 amide bonds. The fraction of sp³-hybridized carbons (Fsp3) is 0.500. The molecule has 1 N–H and O–H groups in total. The van der Waals surface area contributed by atoms with Gasteiger partial charge in [-0.25, -0.2) is 0 Å². The van der Waals surface area contributed by atoms with Gasteiger partial charge in [0.05, 0.1) is 0 Å². The molecule has 1 nitrogen and oxygen atoms in total. The lowest BCUT2D eigenvalue weighted by Gasteiger charge is -2.40. The van der Waals surface area contributed by atoms with E-state index in [0.29, 0.717) is 11.5 Å². The van der Waals surface area contributed by atoms with Crippen molar-refractivity contribution < 1.29 is 0 Å². The largest absolute Gasteiger partial charge is 0.306 e. The van der Waals surface area contributed by atoms with Crippen molar-refractivity contribution in [2.75, 3.05) is 6.54 Å². The second kappa shape index (κ2) is 4.66. The van der Waals surface area contributed by atoms with Gasteiger partial charge >= 0.3 is 0 Å². The fourth-order valence-corrected chi connectivity index (χ4v) is 2.73. The molecule has 1 heteroatoms. The van der Waals surface area contributed by atoms with Gasteiger partial charge in [-0.2, -0.15) is 0 Å². The summed E-state index contributed by atoms with van der Waals surface area (Å²) in [6, 6.07) is 9.28. The molecule has 17 heavy (non-hydrogen) atoms. The van der Waals surface area contributed by atoms with Crippen LogP contribution in [0.15, 0.2) is 36.4 Å². The van der Waals surface area contributed by atoms with Gasteiger partial charge in [0, 0.05) is 12.6 Å². The highest BCUT2D eigenvalue weighted by Crippen LogP contribution is 2.43. The highest BCUT2D eigenvalue weighted by Gasteiger charge is 2.35. The molecule has 0 spiro atoms. The number of aryl methyl sites for hydroxylation is 1. The number of rotatable bonds is 3. The third-order valence-electron chi connectivity index (χ3n) is 3.79. The molecule has 0 saturated heterocycles. The molecule has 1 unspecified atom stereocenters. The topological polar surface area (TPSA) is 12.0 Å². The van der Waals surface area contributed by atoms with Gasteiger partial charge in [0.25, 0.3) is 0 Å². The number of hydrogen-bond acceptors (Lipinski definition) is 1. The van der Waals surface area contributed by atoms with E-state index in [9.17, 15) is 0 Å². The summed E-state index contributed by atoms with van der Waals surface area (Å²) in [4.78, 5) is 0. The lowest BCUT2D eigenvalue weighted by molar-refractivity contribution is 0.213. The predicted octanol–water partition coefficient (Wildman–Crippen LogP) is 3.87. The highest BCUT2D eigenvalue weighted by molar-refractivity contribution is 5.34. The molecular weight excluding hydrogens is 206 g/mol. The van der Waals surface area contributed by atoms with Crippen LogP contribution in [0, 0.1) is 5.41 Å². The maximum Gasteiger partial charge on any atom is 0.0377 e. The van der Waals surface area contributed by atoms with Crippen LogP contribution in [0.4, 0.5) is 0 Å². The van der Waals surface area contributed by atoms with Crippen molar-refractivity contribution >= 4 is 0 Å². The molecule has 0 heterocycles. The Balaban J connectivity index is 2.28. The molecular formula is C16H23N. The van der Waals surface area contributed by atoms with Crippen LogP contribution < -0.4 is 5.32 Å². The van der Waals surface area contributed by atoms with E-state index in [1.807, 2.05) is 0 Å². The van der Waals surface area contributed by atoms with E-state index < -0.39 is 0 Å². The van der Waals surface area contributed by atoms with Gasteiger partial charge in [-0.3, -0.25) is 0 Å². The number of benzene rings is 1. The highest BCUT2D eigenvalue weighted by atomic mass is 14.9. The average molecular weight is 229 g/mol. The van der Waals surface area contributed by atoms with Gasteiger partial charge in [-0.05, 0) is 36.3 Å². The Morgan fingerprint density at radius 3 is 2.82 bits per heavy atom. The lowest BCUT2D eigenvalue weighted by Crippen LogP contribution is -2.38. The first kappa shape index (κ1) is 12.4. The molecule has 1 atom stereocenters. The zero-order chi connectivity index (χ0) is 12.5. The Hall–Kier alpha value is -1.08. The van der Waals surface area contributed by atoms with Gasteiger partial charge < -0.3 is 5.32 Å². The second-order valence-corrected chi connectivity index (χ2v) is 5.96. The van der Waals surface area contributed by atoms with Crippen molar-refractivity contribution in [3.63, 3.8) is 0 Å². The Morgan fingerprint density at radius 1 is 1.41 bits per heavy atom. The first-order chi connectivity index (χ1) is 8.00. The number of nitrogens with one attached hydrogen (secondary N) is 1. The summed E-state index contributed by atoms with van der Waals surface area (Å²) in [6.45, 7) is 11.7. The predicted molar refractivity (Wildman–Crippen MR) is 74.1 cm³/mol. The number of hydrogen-bond donors (Lipinski definition) is 1. The van der Waals surface area contributed by atoms with Crippen LogP contribution in [-0.2, 0) is 6.42 Å². The quantitative estimate of drug-likeness (QED) is 0.776. The smallest absolute Gasteiger partial charge is 0.0377 e. The first-order valence-electron chi connectivity index (χ1n) is 6.46. The Labute approximate surface area is 105 Å². The monoisotopic (exact) mass is 229 g/mol. The Bertz CT molecular complexity index is 417. The standard InChI is InChI=1S/C16H23N/c1-12(2)11-17-15-14-8-6-5-7-13(14)9-10-16(15,3)4/h5-8,15,17H,1,9-11H2,2-4H3. The van der Waals surface area contributed by atoms with Crippen LogP contribution in [0.25, 0.3) is 0 Å². The third kappa shape index (κ3) is 2.61. The van der Waals surface area contributed by atoms with Crippen molar-refractivity contribution in [2.45, 2.75) is 39.7 Å². The van der Waals surface area contributed by atoms with E-state index in [1.165, 1.54) is 29.5 Å². The van der Waals surface area contributed by atoms with Crippen molar-refractivity contribution in [1.29, 1.82) is 0 Å². The molecule has 0 radical (unpaired) electrons. The zero-order valence-electron chi connectivity index (χ0n) is 11.2. The summed E-state index contributed by atoms with van der Waals surface area (Å²) in [5, 5.41) is 3.67. The second-order valence-electron chi connectivity index (χ2n) is 5.96. The molecule has 92 valence electrons. The van der Waals surface area contributed by atoms with Gasteiger partial charge in [0.15, 0.2) is 0 Å². The SMILES string of the molecule is C=C(C)CNC1c2ccccc2CCC1(C)C. The molecule has 0 bridgehead atoms. The maximum absolute atomic E-state index is 3.98. The minimum atomic E-state index is 0.323. The van der Waals surface area contributed by atoms with Crippen LogP contribution in [0.3, 0.4) is 0 Å². The Morgan fingerprint density at radius 2 is 2.12 bits per heavy atom. The molecule has 1 aromatic rings. The van der Waals surface area contributed by atoms with Crippen molar-refractivity contribution in [1.82, 2.24) is 5.32 Å². The van der Waals surface area contributed by atoms with E-state index in [2.05, 4.69) is 56.9 Å². The van der Waals surface area contributed by atoms with Gasteiger partial charge in [0.1, 0.15) is 0 Å². The van der Waals surface area contributed by atoms with Gasteiger partial charge in [-0.15, -0.1) is 0 Å². The molecule has 1 aromatic carbocycles. The van der Waals surface area contributed by atoms with Crippen molar-refractivity contribution in [2.24, 2.45) is 5.41 Å². The lowest BCUT2D eigenvalue weighted by atomic mass is 9.70. The van der Waals surface area contributed by atoms with E-state index >= 15 is 0 Å². The summed E-state index contributed by atoms with van der Waals surface area (Å²) >= 11 is 0. The van der Waals surface area contributed by atoms with Crippen LogP contribution in [0.5, 0.6) is 0 Å². The molecule has 0 saturated carbocycles. The third-order valence-corrected chi connectivity index (χ3v) is 3.79. The van der Waals surface area contributed by atoms with E-state index in [4.69, 9.17) is 0 Å². The Kier molecular flexibility index (Phi) is 3.39. The summed E-state index contributed by atoms with van der Waals surface area (Å²) in [6.07, 6.45) is 2.45.